The highest BCUT2D eigenvalue weighted by Crippen LogP contribution is 2.27. The van der Waals surface area contributed by atoms with Crippen LogP contribution >= 0.6 is 11.3 Å². The van der Waals surface area contributed by atoms with Crippen molar-refractivity contribution in [2.45, 2.75) is 57.9 Å². The molecule has 2 atom stereocenters. The molecule has 0 aliphatic heterocycles. The highest BCUT2D eigenvalue weighted by molar-refractivity contribution is 7.09. The molecule has 0 bridgehead atoms. The molecule has 0 spiro atoms. The molecule has 1 aromatic heterocycles. The monoisotopic (exact) mass is 310 g/mol. The van der Waals surface area contributed by atoms with Gasteiger partial charge in [-0.05, 0) is 12.8 Å². The molecule has 1 aromatic rings. The van der Waals surface area contributed by atoms with Crippen LogP contribution in [0, 0.1) is 5.92 Å². The summed E-state index contributed by atoms with van der Waals surface area (Å²) in [7, 11) is 0. The number of carboxylic acids is 1. The summed E-state index contributed by atoms with van der Waals surface area (Å²) in [5.74, 6) is -1.41. The Hall–Kier alpha value is -1.43. The zero-order valence-corrected chi connectivity index (χ0v) is 13.5. The molecule has 21 heavy (non-hydrogen) atoms. The van der Waals surface area contributed by atoms with Crippen LogP contribution in [0.4, 0.5) is 0 Å². The molecule has 0 saturated heterocycles. The molecule has 0 radical (unpaired) electrons. The Bertz CT molecular complexity index is 533. The van der Waals surface area contributed by atoms with Crippen molar-refractivity contribution in [2.75, 3.05) is 0 Å². The lowest BCUT2D eigenvalue weighted by Gasteiger charge is -2.17. The van der Waals surface area contributed by atoms with Gasteiger partial charge >= 0.3 is 5.97 Å². The van der Waals surface area contributed by atoms with Crippen LogP contribution in [-0.4, -0.2) is 28.0 Å². The number of carbonyl (C=O) groups is 2. The Kier molecular flexibility index (Phi) is 4.66. The minimum Gasteiger partial charge on any atom is -0.481 e. The van der Waals surface area contributed by atoms with Gasteiger partial charge in [0, 0.05) is 16.8 Å². The second kappa shape index (κ2) is 6.13. The van der Waals surface area contributed by atoms with Crippen LogP contribution in [0.1, 0.15) is 50.7 Å². The lowest BCUT2D eigenvalue weighted by Crippen LogP contribution is -2.40. The number of nitrogens with zero attached hydrogens (tertiary/aromatic N) is 1. The fraction of sp³-hybridized carbons (Fsp3) is 0.667. The van der Waals surface area contributed by atoms with Gasteiger partial charge in [-0.15, -0.1) is 11.3 Å². The number of carboxylic acid groups (broad SMARTS) is 1. The van der Waals surface area contributed by atoms with E-state index in [1.807, 2.05) is 5.38 Å². The first-order valence-corrected chi connectivity index (χ1v) is 8.12. The Labute approximate surface area is 128 Å². The van der Waals surface area contributed by atoms with Gasteiger partial charge in [0.25, 0.3) is 0 Å². The molecule has 1 aliphatic carbocycles. The van der Waals surface area contributed by atoms with Gasteiger partial charge in [0.2, 0.25) is 5.91 Å². The average molecular weight is 310 g/mol. The Morgan fingerprint density at radius 2 is 2.14 bits per heavy atom. The summed E-state index contributed by atoms with van der Waals surface area (Å²) in [6.45, 7) is 6.27. The maximum atomic E-state index is 12.1. The average Bonchev–Trinajstić information content (AvgIpc) is 2.96. The number of rotatable bonds is 4. The third-order valence-corrected chi connectivity index (χ3v) is 5.03. The quantitative estimate of drug-likeness (QED) is 0.894. The van der Waals surface area contributed by atoms with Crippen molar-refractivity contribution in [1.29, 1.82) is 0 Å². The minimum absolute atomic E-state index is 0.0146. The number of carbonyl (C=O) groups excluding carboxylic acids is 1. The molecule has 5 nitrogen and oxygen atoms in total. The minimum atomic E-state index is -0.818. The zero-order valence-electron chi connectivity index (χ0n) is 12.7. The van der Waals surface area contributed by atoms with E-state index in [1.165, 1.54) is 0 Å². The van der Waals surface area contributed by atoms with Crippen molar-refractivity contribution in [3.63, 3.8) is 0 Å². The molecule has 1 amide bonds. The van der Waals surface area contributed by atoms with E-state index in [0.29, 0.717) is 6.42 Å². The molecule has 0 unspecified atom stereocenters. The maximum absolute atomic E-state index is 12.1. The molecule has 1 saturated carbocycles. The third-order valence-electron chi connectivity index (χ3n) is 3.71. The predicted molar refractivity (Wildman–Crippen MR) is 81.4 cm³/mol. The van der Waals surface area contributed by atoms with Crippen molar-refractivity contribution in [2.24, 2.45) is 5.92 Å². The number of amides is 1. The first kappa shape index (κ1) is 15.9. The molecule has 0 aromatic carbocycles. The zero-order chi connectivity index (χ0) is 15.6. The van der Waals surface area contributed by atoms with E-state index in [2.05, 4.69) is 31.1 Å². The highest BCUT2D eigenvalue weighted by atomic mass is 32.1. The van der Waals surface area contributed by atoms with Crippen LogP contribution in [0.5, 0.6) is 0 Å². The van der Waals surface area contributed by atoms with Gasteiger partial charge < -0.3 is 10.4 Å². The van der Waals surface area contributed by atoms with E-state index in [4.69, 9.17) is 5.11 Å². The summed E-state index contributed by atoms with van der Waals surface area (Å²) in [6, 6.07) is -0.240. The van der Waals surface area contributed by atoms with Crippen molar-refractivity contribution in [3.05, 3.63) is 16.1 Å². The molecule has 6 heteroatoms. The summed E-state index contributed by atoms with van der Waals surface area (Å²) in [5, 5.41) is 14.9. The SMILES string of the molecule is CC(C)(C)c1nc(CC(=O)N[C@@H]2CCC[C@@H]2C(=O)O)cs1. The molecule has 1 heterocycles. The normalized spacial score (nSPS) is 22.2. The van der Waals surface area contributed by atoms with E-state index >= 15 is 0 Å². The third kappa shape index (κ3) is 4.03. The Morgan fingerprint density at radius 3 is 2.71 bits per heavy atom. The first-order valence-electron chi connectivity index (χ1n) is 7.24. The standard InChI is InChI=1S/C15H22N2O3S/c1-15(2,3)14-16-9(8-21-14)7-12(18)17-11-6-4-5-10(11)13(19)20/h8,10-11H,4-7H2,1-3H3,(H,17,18)(H,19,20)/t10-,11+/m0/s1. The largest absolute Gasteiger partial charge is 0.481 e. The van der Waals surface area contributed by atoms with Crippen LogP contribution in [-0.2, 0) is 21.4 Å². The highest BCUT2D eigenvalue weighted by Gasteiger charge is 2.33. The molecule has 1 aliphatic rings. The summed E-state index contributed by atoms with van der Waals surface area (Å²) in [4.78, 5) is 27.7. The maximum Gasteiger partial charge on any atom is 0.308 e. The van der Waals surface area contributed by atoms with Gasteiger partial charge in [-0.1, -0.05) is 27.2 Å². The molecular formula is C15H22N2O3S. The summed E-state index contributed by atoms with van der Waals surface area (Å²) >= 11 is 1.56. The second-order valence-electron chi connectivity index (χ2n) is 6.62. The van der Waals surface area contributed by atoms with Crippen molar-refractivity contribution in [1.82, 2.24) is 10.3 Å². The first-order chi connectivity index (χ1) is 9.77. The van der Waals surface area contributed by atoms with Crippen molar-refractivity contribution >= 4 is 23.2 Å². The molecular weight excluding hydrogens is 288 g/mol. The fourth-order valence-corrected chi connectivity index (χ4v) is 3.49. The molecule has 2 rings (SSSR count). The molecule has 1 fully saturated rings. The summed E-state index contributed by atoms with van der Waals surface area (Å²) in [6.07, 6.45) is 2.46. The lowest BCUT2D eigenvalue weighted by atomic mass is 9.98. The van der Waals surface area contributed by atoms with Gasteiger partial charge in [0.05, 0.1) is 23.0 Å². The van der Waals surface area contributed by atoms with Crippen molar-refractivity contribution in [3.8, 4) is 0 Å². The van der Waals surface area contributed by atoms with Gasteiger partial charge in [-0.2, -0.15) is 0 Å². The number of nitrogens with one attached hydrogen (secondary N) is 1. The topological polar surface area (TPSA) is 79.3 Å². The summed E-state index contributed by atoms with van der Waals surface area (Å²) < 4.78 is 0. The van der Waals surface area contributed by atoms with Crippen LogP contribution in [0.15, 0.2) is 5.38 Å². The van der Waals surface area contributed by atoms with Gasteiger partial charge in [-0.25, -0.2) is 4.98 Å². The number of aromatic nitrogens is 1. The van der Waals surface area contributed by atoms with E-state index in [0.717, 1.165) is 23.5 Å². The van der Waals surface area contributed by atoms with E-state index in [-0.39, 0.29) is 23.8 Å². The van der Waals surface area contributed by atoms with E-state index in [1.54, 1.807) is 11.3 Å². The molecule has 116 valence electrons. The number of aliphatic carboxylic acids is 1. The van der Waals surface area contributed by atoms with E-state index < -0.39 is 11.9 Å². The number of hydrogen-bond donors (Lipinski definition) is 2. The smallest absolute Gasteiger partial charge is 0.308 e. The van der Waals surface area contributed by atoms with Gasteiger partial charge in [0.1, 0.15) is 0 Å². The van der Waals surface area contributed by atoms with Crippen LogP contribution in [0.3, 0.4) is 0 Å². The second-order valence-corrected chi connectivity index (χ2v) is 7.48. The Morgan fingerprint density at radius 1 is 1.43 bits per heavy atom. The number of thiazole rings is 1. The molecule has 2 N–H and O–H groups in total. The van der Waals surface area contributed by atoms with Crippen LogP contribution in [0.25, 0.3) is 0 Å². The number of hydrogen-bond acceptors (Lipinski definition) is 4. The van der Waals surface area contributed by atoms with Crippen LogP contribution in [0.2, 0.25) is 0 Å². The van der Waals surface area contributed by atoms with Crippen LogP contribution < -0.4 is 5.32 Å². The van der Waals surface area contributed by atoms with E-state index in [9.17, 15) is 9.59 Å². The van der Waals surface area contributed by atoms with Gasteiger partial charge in [-0.3, -0.25) is 9.59 Å². The van der Waals surface area contributed by atoms with Crippen molar-refractivity contribution < 1.29 is 14.7 Å². The lowest BCUT2D eigenvalue weighted by molar-refractivity contribution is -0.142. The Balaban J connectivity index is 1.93. The fourth-order valence-electron chi connectivity index (χ4n) is 2.58. The predicted octanol–water partition coefficient (Wildman–Crippen LogP) is 2.35. The van der Waals surface area contributed by atoms with Gasteiger partial charge in [0.15, 0.2) is 0 Å². The summed E-state index contributed by atoms with van der Waals surface area (Å²) in [5.41, 5.74) is 0.742.